The Bertz CT molecular complexity index is 843. The molecule has 3 rings (SSSR count). The number of para-hydroxylation sites is 1. The van der Waals surface area contributed by atoms with Crippen LogP contribution in [0.3, 0.4) is 0 Å². The van der Waals surface area contributed by atoms with E-state index >= 15 is 0 Å². The molecule has 0 spiro atoms. The van der Waals surface area contributed by atoms with Crippen LogP contribution in [0.4, 0.5) is 0 Å². The van der Waals surface area contributed by atoms with Crippen molar-refractivity contribution in [2.24, 2.45) is 0 Å². The summed E-state index contributed by atoms with van der Waals surface area (Å²) < 4.78 is 1.64. The van der Waals surface area contributed by atoms with Gasteiger partial charge in [0.1, 0.15) is 0 Å². The number of pyridine rings is 1. The normalized spacial score (nSPS) is 10.7. The van der Waals surface area contributed by atoms with E-state index in [4.69, 9.17) is 0 Å². The first-order valence-corrected chi connectivity index (χ1v) is 7.45. The second-order valence-electron chi connectivity index (χ2n) is 4.36. The molecule has 4 nitrogen and oxygen atoms in total. The van der Waals surface area contributed by atoms with Crippen molar-refractivity contribution in [1.29, 1.82) is 0 Å². The number of aromatic nitrogens is 3. The van der Waals surface area contributed by atoms with Crippen molar-refractivity contribution in [2.75, 3.05) is 5.75 Å². The van der Waals surface area contributed by atoms with Gasteiger partial charge in [0.2, 0.25) is 0 Å². The van der Waals surface area contributed by atoms with Gasteiger partial charge in [-0.1, -0.05) is 36.0 Å². The van der Waals surface area contributed by atoms with Crippen LogP contribution in [0, 0.1) is 0 Å². The van der Waals surface area contributed by atoms with Crippen molar-refractivity contribution in [3.63, 3.8) is 0 Å². The highest BCUT2D eigenvalue weighted by Gasteiger charge is 2.12. The highest BCUT2D eigenvalue weighted by molar-refractivity contribution is 7.99. The van der Waals surface area contributed by atoms with Crippen LogP contribution in [-0.4, -0.2) is 20.3 Å². The van der Waals surface area contributed by atoms with E-state index in [1.807, 2.05) is 30.3 Å². The summed E-state index contributed by atoms with van der Waals surface area (Å²) in [6.45, 7) is 3.71. The van der Waals surface area contributed by atoms with E-state index < -0.39 is 0 Å². The fourth-order valence-corrected chi connectivity index (χ4v) is 2.80. The van der Waals surface area contributed by atoms with Gasteiger partial charge in [0.05, 0.1) is 22.8 Å². The summed E-state index contributed by atoms with van der Waals surface area (Å²) in [6.07, 6.45) is 5.01. The van der Waals surface area contributed by atoms with Crippen molar-refractivity contribution in [3.8, 4) is 5.69 Å². The molecule has 0 aliphatic heterocycles. The van der Waals surface area contributed by atoms with Crippen LogP contribution < -0.4 is 5.56 Å². The Morgan fingerprint density at radius 1 is 1.24 bits per heavy atom. The van der Waals surface area contributed by atoms with Gasteiger partial charge in [-0.2, -0.15) is 0 Å². The molecule has 0 radical (unpaired) electrons. The molecule has 2 aromatic heterocycles. The lowest BCUT2D eigenvalue weighted by atomic mass is 10.3. The maximum absolute atomic E-state index is 12.8. The van der Waals surface area contributed by atoms with Crippen LogP contribution in [-0.2, 0) is 0 Å². The molecule has 104 valence electrons. The van der Waals surface area contributed by atoms with E-state index in [0.29, 0.717) is 21.8 Å². The SMILES string of the molecule is C=CCSc1nc2cnccc2c(=O)n1-c1ccccc1. The van der Waals surface area contributed by atoms with E-state index in [9.17, 15) is 4.79 Å². The molecule has 0 saturated carbocycles. The number of nitrogens with zero attached hydrogens (tertiary/aromatic N) is 3. The van der Waals surface area contributed by atoms with Crippen molar-refractivity contribution < 1.29 is 0 Å². The Kier molecular flexibility index (Phi) is 3.83. The molecule has 2 heterocycles. The third-order valence-electron chi connectivity index (χ3n) is 2.99. The standard InChI is InChI=1S/C16H13N3OS/c1-2-10-21-16-18-14-11-17-9-8-13(14)15(20)19(16)12-6-4-3-5-7-12/h2-9,11H,1,10H2. The van der Waals surface area contributed by atoms with Gasteiger partial charge in [0.25, 0.3) is 5.56 Å². The first-order valence-electron chi connectivity index (χ1n) is 6.47. The Labute approximate surface area is 126 Å². The van der Waals surface area contributed by atoms with Crippen molar-refractivity contribution >= 4 is 22.7 Å². The third kappa shape index (κ3) is 2.60. The minimum absolute atomic E-state index is 0.0832. The summed E-state index contributed by atoms with van der Waals surface area (Å²) in [6, 6.07) is 11.2. The maximum atomic E-state index is 12.8. The van der Waals surface area contributed by atoms with Gasteiger partial charge in [-0.15, -0.1) is 6.58 Å². The number of thioether (sulfide) groups is 1. The minimum Gasteiger partial charge on any atom is -0.268 e. The lowest BCUT2D eigenvalue weighted by molar-refractivity contribution is 0.819. The van der Waals surface area contributed by atoms with Crippen LogP contribution in [0.2, 0.25) is 0 Å². The summed E-state index contributed by atoms with van der Waals surface area (Å²) in [5, 5.41) is 1.21. The minimum atomic E-state index is -0.0832. The molecular formula is C16H13N3OS. The highest BCUT2D eigenvalue weighted by atomic mass is 32.2. The van der Waals surface area contributed by atoms with E-state index in [2.05, 4.69) is 16.5 Å². The molecule has 1 aromatic carbocycles. The topological polar surface area (TPSA) is 47.8 Å². The predicted molar refractivity (Wildman–Crippen MR) is 86.1 cm³/mol. The average molecular weight is 295 g/mol. The monoisotopic (exact) mass is 295 g/mol. The van der Waals surface area contributed by atoms with Gasteiger partial charge < -0.3 is 0 Å². The van der Waals surface area contributed by atoms with Gasteiger partial charge in [-0.3, -0.25) is 14.3 Å². The lowest BCUT2D eigenvalue weighted by Crippen LogP contribution is -2.21. The molecule has 0 aliphatic carbocycles. The molecule has 3 aromatic rings. The largest absolute Gasteiger partial charge is 0.268 e. The number of benzene rings is 1. The first kappa shape index (κ1) is 13.6. The second kappa shape index (κ2) is 5.93. The number of hydrogen-bond donors (Lipinski definition) is 0. The Morgan fingerprint density at radius 2 is 2.05 bits per heavy atom. The molecule has 0 bridgehead atoms. The number of fused-ring (bicyclic) bond motifs is 1. The van der Waals surface area contributed by atoms with Crippen molar-refractivity contribution in [3.05, 3.63) is 71.8 Å². The molecule has 0 atom stereocenters. The third-order valence-corrected chi connectivity index (χ3v) is 3.92. The van der Waals surface area contributed by atoms with Crippen molar-refractivity contribution in [2.45, 2.75) is 5.16 Å². The van der Waals surface area contributed by atoms with Gasteiger partial charge in [-0.05, 0) is 18.2 Å². The molecule has 0 unspecified atom stereocenters. The summed E-state index contributed by atoms with van der Waals surface area (Å²) in [4.78, 5) is 21.4. The zero-order valence-electron chi connectivity index (χ0n) is 11.3. The van der Waals surface area contributed by atoms with E-state index in [0.717, 1.165) is 5.69 Å². The Morgan fingerprint density at radius 3 is 2.81 bits per heavy atom. The molecule has 0 aliphatic rings. The Hall–Kier alpha value is -2.40. The molecular weight excluding hydrogens is 282 g/mol. The Balaban J connectivity index is 2.31. The summed E-state index contributed by atoms with van der Waals surface area (Å²) in [5.74, 6) is 0.686. The van der Waals surface area contributed by atoms with Crippen LogP contribution in [0.5, 0.6) is 0 Å². The average Bonchev–Trinajstić information content (AvgIpc) is 2.54. The van der Waals surface area contributed by atoms with Crippen LogP contribution in [0.25, 0.3) is 16.6 Å². The zero-order valence-corrected chi connectivity index (χ0v) is 12.1. The maximum Gasteiger partial charge on any atom is 0.266 e. The molecule has 21 heavy (non-hydrogen) atoms. The van der Waals surface area contributed by atoms with Crippen LogP contribution in [0.15, 0.2) is 71.4 Å². The molecule has 0 N–H and O–H groups in total. The summed E-state index contributed by atoms with van der Waals surface area (Å²) >= 11 is 1.48. The highest BCUT2D eigenvalue weighted by Crippen LogP contribution is 2.20. The predicted octanol–water partition coefficient (Wildman–Crippen LogP) is 3.06. The van der Waals surface area contributed by atoms with Crippen molar-refractivity contribution in [1.82, 2.24) is 14.5 Å². The fraction of sp³-hybridized carbons (Fsp3) is 0.0625. The molecule has 0 saturated heterocycles. The van der Waals surface area contributed by atoms with Gasteiger partial charge in [-0.25, -0.2) is 4.98 Å². The van der Waals surface area contributed by atoms with E-state index in [1.165, 1.54) is 11.8 Å². The molecule has 5 heteroatoms. The second-order valence-corrected chi connectivity index (χ2v) is 5.35. The molecule has 0 fully saturated rings. The van der Waals surface area contributed by atoms with Gasteiger partial charge >= 0.3 is 0 Å². The van der Waals surface area contributed by atoms with Crippen LogP contribution in [0.1, 0.15) is 0 Å². The van der Waals surface area contributed by atoms with Crippen LogP contribution >= 0.6 is 11.8 Å². The first-order chi connectivity index (χ1) is 10.3. The lowest BCUT2D eigenvalue weighted by Gasteiger charge is -2.12. The molecule has 0 amide bonds. The fourth-order valence-electron chi connectivity index (χ4n) is 2.05. The van der Waals surface area contributed by atoms with E-state index in [-0.39, 0.29) is 5.56 Å². The summed E-state index contributed by atoms with van der Waals surface area (Å²) in [7, 11) is 0. The smallest absolute Gasteiger partial charge is 0.266 e. The zero-order chi connectivity index (χ0) is 14.7. The van der Waals surface area contributed by atoms with E-state index in [1.54, 1.807) is 29.1 Å². The number of rotatable bonds is 4. The number of hydrogen-bond acceptors (Lipinski definition) is 4. The van der Waals surface area contributed by atoms with Gasteiger partial charge in [0, 0.05) is 11.9 Å². The van der Waals surface area contributed by atoms with Gasteiger partial charge in [0.15, 0.2) is 5.16 Å². The quantitative estimate of drug-likeness (QED) is 0.422. The summed E-state index contributed by atoms with van der Waals surface area (Å²) in [5.41, 5.74) is 1.33.